The number of aromatic nitrogens is 2. The van der Waals surface area contributed by atoms with Gasteiger partial charge in [0.2, 0.25) is 5.91 Å². The van der Waals surface area contributed by atoms with Crippen LogP contribution < -0.4 is 5.32 Å². The lowest BCUT2D eigenvalue weighted by Crippen LogP contribution is -2.64. The van der Waals surface area contributed by atoms with Gasteiger partial charge in [0, 0.05) is 30.9 Å². The summed E-state index contributed by atoms with van der Waals surface area (Å²) in [5.74, 6) is 0.342. The van der Waals surface area contributed by atoms with Crippen LogP contribution in [-0.2, 0) is 11.3 Å². The molecule has 0 fully saturated rings. The van der Waals surface area contributed by atoms with Crippen LogP contribution in [0.4, 0.5) is 0 Å². The largest absolute Gasteiger partial charge is 0.354 e. The van der Waals surface area contributed by atoms with E-state index in [0.717, 1.165) is 35.0 Å². The summed E-state index contributed by atoms with van der Waals surface area (Å²) in [6.07, 6.45) is 5.65. The molecule has 2 amide bonds. The average Bonchev–Trinajstić information content (AvgIpc) is 3.36. The molecule has 0 aliphatic carbocycles. The van der Waals surface area contributed by atoms with E-state index < -0.39 is 5.54 Å². The Kier molecular flexibility index (Phi) is 5.89. The first-order chi connectivity index (χ1) is 15.3. The zero-order valence-corrected chi connectivity index (χ0v) is 19.8. The molecule has 3 aromatic rings. The molecule has 1 atom stereocenters. The molecule has 0 unspecified atom stereocenters. The third kappa shape index (κ3) is 3.61. The summed E-state index contributed by atoms with van der Waals surface area (Å²) in [6, 6.07) is 10.2. The number of carbonyl (C=O) groups excluding carboxylic acids is 2. The summed E-state index contributed by atoms with van der Waals surface area (Å²) in [6.45, 7) is 11.9. The van der Waals surface area contributed by atoms with E-state index in [2.05, 4.69) is 48.9 Å². The molecular formula is C26H34N4O2. The van der Waals surface area contributed by atoms with Crippen molar-refractivity contribution < 1.29 is 9.59 Å². The minimum Gasteiger partial charge on any atom is -0.354 e. The second-order valence-electron chi connectivity index (χ2n) is 9.56. The number of nitrogens with one attached hydrogen (secondary N) is 1. The first kappa shape index (κ1) is 22.2. The fourth-order valence-electron chi connectivity index (χ4n) is 4.75. The van der Waals surface area contributed by atoms with E-state index in [9.17, 15) is 9.59 Å². The van der Waals surface area contributed by atoms with Crippen molar-refractivity contribution in [1.82, 2.24) is 19.4 Å². The van der Waals surface area contributed by atoms with Crippen molar-refractivity contribution in [3.8, 4) is 5.69 Å². The van der Waals surface area contributed by atoms with E-state index in [0.29, 0.717) is 31.2 Å². The third-order valence-electron chi connectivity index (χ3n) is 6.51. The highest BCUT2D eigenvalue weighted by molar-refractivity contribution is 6.09. The van der Waals surface area contributed by atoms with Crippen molar-refractivity contribution in [3.05, 3.63) is 54.0 Å². The van der Waals surface area contributed by atoms with E-state index in [-0.39, 0.29) is 11.8 Å². The molecule has 32 heavy (non-hydrogen) atoms. The van der Waals surface area contributed by atoms with Crippen molar-refractivity contribution in [2.75, 3.05) is 13.1 Å². The maximum absolute atomic E-state index is 14.0. The zero-order valence-electron chi connectivity index (χ0n) is 19.8. The van der Waals surface area contributed by atoms with Gasteiger partial charge in [0.05, 0.1) is 17.7 Å². The number of fused-ring (bicyclic) bond motifs is 3. The molecule has 1 aromatic carbocycles. The van der Waals surface area contributed by atoms with Crippen LogP contribution in [-0.4, -0.2) is 44.5 Å². The Hall–Kier alpha value is -3.02. The second kappa shape index (κ2) is 8.49. The van der Waals surface area contributed by atoms with Crippen molar-refractivity contribution in [2.24, 2.45) is 5.92 Å². The molecule has 1 N–H and O–H groups in total. The van der Waals surface area contributed by atoms with Crippen LogP contribution in [0, 0.1) is 12.8 Å². The Balaban J connectivity index is 1.87. The fraction of sp³-hybridized carbons (Fsp3) is 0.462. The van der Waals surface area contributed by atoms with Gasteiger partial charge < -0.3 is 19.4 Å². The number of carbonyl (C=O) groups is 2. The minimum absolute atomic E-state index is 0.0814. The van der Waals surface area contributed by atoms with Gasteiger partial charge in [0.1, 0.15) is 11.2 Å². The predicted molar refractivity (Wildman–Crippen MR) is 128 cm³/mol. The summed E-state index contributed by atoms with van der Waals surface area (Å²) in [4.78, 5) is 29.2. The molecule has 4 rings (SSSR count). The van der Waals surface area contributed by atoms with Crippen LogP contribution in [0.25, 0.3) is 16.6 Å². The Morgan fingerprint density at radius 2 is 1.94 bits per heavy atom. The van der Waals surface area contributed by atoms with Crippen molar-refractivity contribution >= 4 is 22.7 Å². The molecule has 6 heteroatoms. The van der Waals surface area contributed by atoms with Gasteiger partial charge in [-0.05, 0) is 56.9 Å². The Morgan fingerprint density at radius 1 is 1.22 bits per heavy atom. The lowest BCUT2D eigenvalue weighted by molar-refractivity contribution is -0.132. The van der Waals surface area contributed by atoms with E-state index in [1.807, 2.05) is 42.9 Å². The van der Waals surface area contributed by atoms with E-state index in [4.69, 9.17) is 0 Å². The van der Waals surface area contributed by atoms with Gasteiger partial charge in [0.15, 0.2) is 0 Å². The molecule has 0 saturated heterocycles. The molecule has 1 aliphatic heterocycles. The normalized spacial score (nSPS) is 18.4. The molecule has 0 spiro atoms. The topological polar surface area (TPSA) is 59.3 Å². The standard InChI is InChI=1S/C26H34N4O2/c1-6-13-30-24(31)23-22(28-14-7-8-15-28)20-16-19(4)9-10-21(20)29(23)17-26(30,5)25(32)27-12-11-18(2)3/h7-10,14-16,18H,6,11-13,17H2,1-5H3,(H,27,32)/t26-/m1/s1. The molecular weight excluding hydrogens is 400 g/mol. The van der Waals surface area contributed by atoms with Crippen LogP contribution in [0.15, 0.2) is 42.7 Å². The summed E-state index contributed by atoms with van der Waals surface area (Å²) >= 11 is 0. The van der Waals surface area contributed by atoms with Crippen molar-refractivity contribution in [1.29, 1.82) is 0 Å². The van der Waals surface area contributed by atoms with E-state index in [1.54, 1.807) is 4.90 Å². The van der Waals surface area contributed by atoms with Gasteiger partial charge in [-0.25, -0.2) is 0 Å². The molecule has 2 aromatic heterocycles. The SMILES string of the molecule is CCCN1C(=O)c2c(-n3cccc3)c3cc(C)ccc3n2C[C@]1(C)C(=O)NCCC(C)C. The number of hydrogen-bond donors (Lipinski definition) is 1. The zero-order chi connectivity index (χ0) is 23.0. The molecule has 0 saturated carbocycles. The Labute approximate surface area is 190 Å². The molecule has 3 heterocycles. The Morgan fingerprint density at radius 3 is 2.59 bits per heavy atom. The first-order valence-electron chi connectivity index (χ1n) is 11.6. The van der Waals surface area contributed by atoms with Gasteiger partial charge >= 0.3 is 0 Å². The number of amides is 2. The number of rotatable bonds is 7. The third-order valence-corrected chi connectivity index (χ3v) is 6.51. The maximum Gasteiger partial charge on any atom is 0.273 e. The highest BCUT2D eigenvalue weighted by Crippen LogP contribution is 2.38. The summed E-state index contributed by atoms with van der Waals surface area (Å²) in [5, 5.41) is 4.14. The van der Waals surface area contributed by atoms with E-state index in [1.165, 1.54) is 0 Å². The van der Waals surface area contributed by atoms with E-state index >= 15 is 0 Å². The van der Waals surface area contributed by atoms with Gasteiger partial charge in [0.25, 0.3) is 5.91 Å². The van der Waals surface area contributed by atoms with Gasteiger partial charge in [-0.1, -0.05) is 32.4 Å². The average molecular weight is 435 g/mol. The first-order valence-corrected chi connectivity index (χ1v) is 11.6. The summed E-state index contributed by atoms with van der Waals surface area (Å²) < 4.78 is 4.07. The summed E-state index contributed by atoms with van der Waals surface area (Å²) in [7, 11) is 0. The molecule has 0 radical (unpaired) electrons. The minimum atomic E-state index is -0.943. The highest BCUT2D eigenvalue weighted by atomic mass is 16.2. The van der Waals surface area contributed by atoms with Crippen LogP contribution in [0.1, 0.15) is 56.6 Å². The fourth-order valence-corrected chi connectivity index (χ4v) is 4.75. The van der Waals surface area contributed by atoms with Crippen molar-refractivity contribution in [2.45, 2.75) is 59.5 Å². The molecule has 6 nitrogen and oxygen atoms in total. The van der Waals surface area contributed by atoms with Gasteiger partial charge in [-0.15, -0.1) is 0 Å². The van der Waals surface area contributed by atoms with Crippen LogP contribution in [0.5, 0.6) is 0 Å². The highest BCUT2D eigenvalue weighted by Gasteiger charge is 2.48. The number of hydrogen-bond acceptors (Lipinski definition) is 2. The molecule has 170 valence electrons. The maximum atomic E-state index is 14.0. The number of benzene rings is 1. The number of aryl methyl sites for hydroxylation is 1. The lowest BCUT2D eigenvalue weighted by atomic mass is 9.94. The Bertz CT molecular complexity index is 1140. The van der Waals surface area contributed by atoms with Gasteiger partial charge in [-0.2, -0.15) is 0 Å². The molecule has 0 bridgehead atoms. The smallest absolute Gasteiger partial charge is 0.273 e. The quantitative estimate of drug-likeness (QED) is 0.594. The second-order valence-corrected chi connectivity index (χ2v) is 9.56. The lowest BCUT2D eigenvalue weighted by Gasteiger charge is -2.44. The van der Waals surface area contributed by atoms with Gasteiger partial charge in [-0.3, -0.25) is 9.59 Å². The van der Waals surface area contributed by atoms with Crippen LogP contribution >= 0.6 is 0 Å². The number of nitrogens with zero attached hydrogens (tertiary/aromatic N) is 3. The summed E-state index contributed by atoms with van der Waals surface area (Å²) in [5.41, 5.74) is 2.73. The predicted octanol–water partition coefficient (Wildman–Crippen LogP) is 4.53. The van der Waals surface area contributed by atoms with Crippen LogP contribution in [0.2, 0.25) is 0 Å². The van der Waals surface area contributed by atoms with Crippen molar-refractivity contribution in [3.63, 3.8) is 0 Å². The monoisotopic (exact) mass is 434 g/mol. The molecule has 1 aliphatic rings. The van der Waals surface area contributed by atoms with Crippen LogP contribution in [0.3, 0.4) is 0 Å².